The van der Waals surface area contributed by atoms with E-state index in [1.165, 1.54) is 0 Å². The third kappa shape index (κ3) is 3.25. The van der Waals surface area contributed by atoms with Crippen molar-refractivity contribution in [3.8, 4) is 12.1 Å². The maximum Gasteiger partial charge on any atom is 0.241 e. The second-order valence-corrected chi connectivity index (χ2v) is 8.02. The molecule has 0 saturated heterocycles. The zero-order chi connectivity index (χ0) is 22.2. The van der Waals surface area contributed by atoms with Gasteiger partial charge in [-0.15, -0.1) is 5.10 Å². The minimum atomic E-state index is -0.683. The van der Waals surface area contributed by atoms with E-state index in [0.717, 1.165) is 40.7 Å². The summed E-state index contributed by atoms with van der Waals surface area (Å²) >= 11 is 0. The molecule has 1 aliphatic carbocycles. The highest BCUT2D eigenvalue weighted by atomic mass is 19.1. The van der Waals surface area contributed by atoms with Crippen LogP contribution in [0.3, 0.4) is 0 Å². The highest BCUT2D eigenvalue weighted by Gasteiger charge is 2.32. The zero-order valence-corrected chi connectivity index (χ0v) is 17.4. The molecule has 4 nitrogen and oxygen atoms in total. The lowest BCUT2D eigenvalue weighted by Crippen LogP contribution is -2.02. The number of H-pyrrole nitrogens is 1. The number of aryl methyl sites for hydroxylation is 1. The number of fused-ring (bicyclic) bond motifs is 1. The van der Waals surface area contributed by atoms with Crippen LogP contribution in [0.4, 0.5) is 4.39 Å². The van der Waals surface area contributed by atoms with Crippen LogP contribution in [0.1, 0.15) is 46.2 Å². The molecule has 153 valence electrons. The Labute approximate surface area is 185 Å². The van der Waals surface area contributed by atoms with Gasteiger partial charge in [0.05, 0.1) is 28.1 Å². The maximum absolute atomic E-state index is 14.5. The largest absolute Gasteiger partial charge is 0.275 e. The van der Waals surface area contributed by atoms with Crippen molar-refractivity contribution in [3.63, 3.8) is 0 Å². The quantitative estimate of drug-likeness (QED) is 0.419. The van der Waals surface area contributed by atoms with E-state index in [9.17, 15) is 14.9 Å². The number of nitrogens with zero attached hydrogens (tertiary/aromatic N) is 3. The lowest BCUT2D eigenvalue weighted by atomic mass is 9.83. The number of rotatable bonds is 4. The number of aromatic nitrogens is 2. The molecular formula is C27H18FN4. The van der Waals surface area contributed by atoms with Gasteiger partial charge in [-0.05, 0) is 77.8 Å². The van der Waals surface area contributed by atoms with Gasteiger partial charge in [0, 0.05) is 5.56 Å². The molecule has 1 fully saturated rings. The molecule has 1 radical (unpaired) electrons. The third-order valence-electron chi connectivity index (χ3n) is 5.95. The zero-order valence-electron chi connectivity index (χ0n) is 17.4. The number of aromatic amines is 1. The van der Waals surface area contributed by atoms with E-state index in [0.29, 0.717) is 22.6 Å². The van der Waals surface area contributed by atoms with Crippen LogP contribution in [-0.4, -0.2) is 10.2 Å². The number of nitriles is 2. The summed E-state index contributed by atoms with van der Waals surface area (Å²) in [6.07, 6.45) is 2.07. The van der Waals surface area contributed by atoms with E-state index in [1.54, 1.807) is 6.07 Å². The van der Waals surface area contributed by atoms with Gasteiger partial charge in [-0.25, -0.2) is 0 Å². The van der Waals surface area contributed by atoms with Crippen molar-refractivity contribution >= 4 is 22.0 Å². The van der Waals surface area contributed by atoms with Crippen molar-refractivity contribution in [3.05, 3.63) is 100.0 Å². The molecule has 4 aromatic rings. The van der Waals surface area contributed by atoms with E-state index in [1.807, 2.05) is 55.5 Å². The summed E-state index contributed by atoms with van der Waals surface area (Å²) in [5, 5.41) is 25.9. The Kier molecular flexibility index (Phi) is 4.81. The summed E-state index contributed by atoms with van der Waals surface area (Å²) in [6.45, 7) is 2.00. The predicted molar refractivity (Wildman–Crippen MR) is 121 cm³/mol. The van der Waals surface area contributed by atoms with Gasteiger partial charge in [0.1, 0.15) is 6.07 Å². The van der Waals surface area contributed by atoms with Crippen molar-refractivity contribution in [2.24, 2.45) is 5.92 Å². The Hall–Kier alpha value is -4.22. The smallest absolute Gasteiger partial charge is 0.241 e. The number of allylic oxidation sites excluding steroid dienone is 1. The topological polar surface area (TPSA) is 76.3 Å². The standard InChI is InChI=1S/C27H18FN4/c1-16-13-17(14-29)7-10-20(16)24(19-8-9-19)25(18-5-3-2-4-6-18)21-11-12-23-26(22(21)15-30)27(28)32-31-23/h2-5,7,10-13,19H,8-9H2,1H3,(H,31,32)/b25-24+. The molecule has 0 spiro atoms. The molecule has 1 N–H and O–H groups in total. The van der Waals surface area contributed by atoms with Crippen LogP contribution in [0.5, 0.6) is 0 Å². The molecule has 1 aromatic heterocycles. The normalized spacial score (nSPS) is 14.0. The molecule has 1 aliphatic rings. The molecule has 5 rings (SSSR count). The fourth-order valence-corrected chi connectivity index (χ4v) is 4.35. The first-order valence-corrected chi connectivity index (χ1v) is 10.4. The van der Waals surface area contributed by atoms with Gasteiger partial charge in [0.15, 0.2) is 0 Å². The highest BCUT2D eigenvalue weighted by molar-refractivity contribution is 6.04. The van der Waals surface area contributed by atoms with Gasteiger partial charge >= 0.3 is 0 Å². The second-order valence-electron chi connectivity index (χ2n) is 8.02. The fraction of sp³-hybridized carbons (Fsp3) is 0.148. The van der Waals surface area contributed by atoms with Crippen LogP contribution in [0.2, 0.25) is 0 Å². The number of hydrogen-bond donors (Lipinski definition) is 1. The summed E-state index contributed by atoms with van der Waals surface area (Å²) < 4.78 is 14.5. The maximum atomic E-state index is 14.5. The number of benzene rings is 3. The van der Waals surface area contributed by atoms with Crippen molar-refractivity contribution in [1.29, 1.82) is 10.5 Å². The SMILES string of the molecule is Cc1cc(C#N)ccc1/C(=C(\c1[c]cccc1)c1ccc2[nH]nc(F)c2c1C#N)C1CC1. The summed E-state index contributed by atoms with van der Waals surface area (Å²) in [6, 6.07) is 24.7. The van der Waals surface area contributed by atoms with Crippen LogP contribution in [0.25, 0.3) is 22.0 Å². The van der Waals surface area contributed by atoms with Crippen molar-refractivity contribution in [1.82, 2.24) is 10.2 Å². The van der Waals surface area contributed by atoms with Crippen molar-refractivity contribution in [2.45, 2.75) is 19.8 Å². The van der Waals surface area contributed by atoms with Gasteiger partial charge in [-0.3, -0.25) is 5.10 Å². The van der Waals surface area contributed by atoms with Gasteiger partial charge < -0.3 is 0 Å². The molecule has 32 heavy (non-hydrogen) atoms. The van der Waals surface area contributed by atoms with Crippen LogP contribution in [0, 0.1) is 47.5 Å². The van der Waals surface area contributed by atoms with E-state index in [4.69, 9.17) is 0 Å². The van der Waals surface area contributed by atoms with Crippen molar-refractivity contribution < 1.29 is 4.39 Å². The molecule has 5 heteroatoms. The predicted octanol–water partition coefficient (Wildman–Crippen LogP) is 5.92. The average molecular weight is 417 g/mol. The first kappa shape index (κ1) is 19.7. The monoisotopic (exact) mass is 417 g/mol. The summed E-state index contributed by atoms with van der Waals surface area (Å²) in [5.74, 6) is -0.362. The molecule has 1 heterocycles. The minimum absolute atomic E-state index is 0.199. The average Bonchev–Trinajstić information content (AvgIpc) is 3.60. The van der Waals surface area contributed by atoms with Gasteiger partial charge in [-0.2, -0.15) is 14.9 Å². The number of hydrogen-bond acceptors (Lipinski definition) is 3. The molecule has 3 aromatic carbocycles. The molecular weight excluding hydrogens is 399 g/mol. The Morgan fingerprint density at radius 1 is 1.09 bits per heavy atom. The van der Waals surface area contributed by atoms with Crippen LogP contribution >= 0.6 is 0 Å². The molecule has 0 bridgehead atoms. The van der Waals surface area contributed by atoms with Crippen LogP contribution in [-0.2, 0) is 0 Å². The molecule has 0 amide bonds. The molecule has 0 unspecified atom stereocenters. The first-order valence-electron chi connectivity index (χ1n) is 10.4. The molecule has 0 aliphatic heterocycles. The second kappa shape index (κ2) is 7.80. The van der Waals surface area contributed by atoms with E-state index in [2.05, 4.69) is 28.4 Å². The number of halogens is 1. The third-order valence-corrected chi connectivity index (χ3v) is 5.95. The number of nitrogens with one attached hydrogen (secondary N) is 1. The van der Waals surface area contributed by atoms with E-state index >= 15 is 0 Å². The minimum Gasteiger partial charge on any atom is -0.275 e. The first-order chi connectivity index (χ1) is 15.6. The van der Waals surface area contributed by atoms with Crippen LogP contribution < -0.4 is 0 Å². The Morgan fingerprint density at radius 2 is 1.91 bits per heavy atom. The molecule has 1 saturated carbocycles. The van der Waals surface area contributed by atoms with Crippen LogP contribution in [0.15, 0.2) is 54.6 Å². The summed E-state index contributed by atoms with van der Waals surface area (Å²) in [7, 11) is 0. The van der Waals surface area contributed by atoms with Gasteiger partial charge in [0.25, 0.3) is 0 Å². The highest BCUT2D eigenvalue weighted by Crippen LogP contribution is 2.49. The van der Waals surface area contributed by atoms with Gasteiger partial charge in [0.2, 0.25) is 5.95 Å². The fourth-order valence-electron chi connectivity index (χ4n) is 4.35. The van der Waals surface area contributed by atoms with Crippen molar-refractivity contribution in [2.75, 3.05) is 0 Å². The van der Waals surface area contributed by atoms with Gasteiger partial charge in [-0.1, -0.05) is 36.4 Å². The van der Waals surface area contributed by atoms with E-state index < -0.39 is 5.95 Å². The summed E-state index contributed by atoms with van der Waals surface area (Å²) in [5.41, 5.74) is 6.87. The lowest BCUT2D eigenvalue weighted by Gasteiger charge is -2.20. The Balaban J connectivity index is 1.90. The Morgan fingerprint density at radius 3 is 2.56 bits per heavy atom. The summed E-state index contributed by atoms with van der Waals surface area (Å²) in [4.78, 5) is 0. The Bertz CT molecular complexity index is 1460. The lowest BCUT2D eigenvalue weighted by molar-refractivity contribution is 0.588. The molecule has 0 atom stereocenters. The van der Waals surface area contributed by atoms with E-state index in [-0.39, 0.29) is 10.9 Å².